The van der Waals surface area contributed by atoms with Gasteiger partial charge in [0.1, 0.15) is 0 Å². The van der Waals surface area contributed by atoms with Crippen molar-refractivity contribution in [2.24, 2.45) is 0 Å². The largest absolute Gasteiger partial charge is 0.395 e. The SMILES string of the molecule is CCN(CCO)c1ccc(CNC)c(Br)c1. The van der Waals surface area contributed by atoms with Crippen molar-refractivity contribution in [2.45, 2.75) is 13.5 Å². The molecule has 0 amide bonds. The summed E-state index contributed by atoms with van der Waals surface area (Å²) in [6.07, 6.45) is 0. The highest BCUT2D eigenvalue weighted by atomic mass is 79.9. The van der Waals surface area contributed by atoms with E-state index in [2.05, 4.69) is 51.3 Å². The number of halogens is 1. The fourth-order valence-corrected chi connectivity index (χ4v) is 2.16. The Morgan fingerprint density at radius 1 is 1.44 bits per heavy atom. The molecule has 0 spiro atoms. The van der Waals surface area contributed by atoms with Crippen LogP contribution < -0.4 is 10.2 Å². The van der Waals surface area contributed by atoms with Gasteiger partial charge < -0.3 is 15.3 Å². The molecular formula is C12H19BrN2O. The summed E-state index contributed by atoms with van der Waals surface area (Å²) in [5.74, 6) is 0. The Bertz CT molecular complexity index is 331. The first kappa shape index (κ1) is 13.5. The van der Waals surface area contributed by atoms with E-state index in [4.69, 9.17) is 5.11 Å². The third kappa shape index (κ3) is 3.47. The average Bonchev–Trinajstić information content (AvgIpc) is 2.29. The van der Waals surface area contributed by atoms with Crippen molar-refractivity contribution in [1.29, 1.82) is 0 Å². The summed E-state index contributed by atoms with van der Waals surface area (Å²) in [4.78, 5) is 2.15. The zero-order valence-corrected chi connectivity index (χ0v) is 11.4. The fourth-order valence-electron chi connectivity index (χ4n) is 1.66. The van der Waals surface area contributed by atoms with Gasteiger partial charge in [-0.15, -0.1) is 0 Å². The van der Waals surface area contributed by atoms with Crippen molar-refractivity contribution in [2.75, 3.05) is 31.6 Å². The molecule has 3 nitrogen and oxygen atoms in total. The summed E-state index contributed by atoms with van der Waals surface area (Å²) in [5.41, 5.74) is 2.38. The number of likely N-dealkylation sites (N-methyl/N-ethyl adjacent to an activating group) is 1. The molecule has 0 unspecified atom stereocenters. The van der Waals surface area contributed by atoms with Crippen molar-refractivity contribution in [3.8, 4) is 0 Å². The maximum Gasteiger partial charge on any atom is 0.0606 e. The summed E-state index contributed by atoms with van der Waals surface area (Å²) in [7, 11) is 1.93. The van der Waals surface area contributed by atoms with E-state index >= 15 is 0 Å². The number of aliphatic hydroxyl groups excluding tert-OH is 1. The lowest BCUT2D eigenvalue weighted by molar-refractivity contribution is 0.302. The van der Waals surface area contributed by atoms with Crippen molar-refractivity contribution >= 4 is 21.6 Å². The summed E-state index contributed by atoms with van der Waals surface area (Å²) < 4.78 is 1.11. The second kappa shape index (κ2) is 6.89. The summed E-state index contributed by atoms with van der Waals surface area (Å²) in [6, 6.07) is 6.30. The maximum atomic E-state index is 8.97. The Morgan fingerprint density at radius 2 is 2.19 bits per heavy atom. The molecule has 1 aromatic carbocycles. The van der Waals surface area contributed by atoms with Gasteiger partial charge in [-0.2, -0.15) is 0 Å². The highest BCUT2D eigenvalue weighted by molar-refractivity contribution is 9.10. The molecule has 0 saturated heterocycles. The predicted molar refractivity (Wildman–Crippen MR) is 71.9 cm³/mol. The smallest absolute Gasteiger partial charge is 0.0606 e. The van der Waals surface area contributed by atoms with Crippen molar-refractivity contribution in [3.05, 3.63) is 28.2 Å². The van der Waals surface area contributed by atoms with Gasteiger partial charge in [-0.1, -0.05) is 22.0 Å². The second-order valence-electron chi connectivity index (χ2n) is 3.61. The van der Waals surface area contributed by atoms with Crippen molar-refractivity contribution in [3.63, 3.8) is 0 Å². The predicted octanol–water partition coefficient (Wildman–Crippen LogP) is 1.99. The van der Waals surface area contributed by atoms with E-state index in [-0.39, 0.29) is 6.61 Å². The van der Waals surface area contributed by atoms with Gasteiger partial charge in [0.15, 0.2) is 0 Å². The van der Waals surface area contributed by atoms with Crippen LogP contribution in [0.4, 0.5) is 5.69 Å². The molecule has 0 aliphatic heterocycles. The lowest BCUT2D eigenvalue weighted by Crippen LogP contribution is -2.26. The number of rotatable bonds is 6. The number of nitrogens with one attached hydrogen (secondary N) is 1. The number of benzene rings is 1. The molecular weight excluding hydrogens is 268 g/mol. The van der Waals surface area contributed by atoms with Gasteiger partial charge in [0.25, 0.3) is 0 Å². The van der Waals surface area contributed by atoms with Crippen LogP contribution in [0.3, 0.4) is 0 Å². The molecule has 0 aliphatic carbocycles. The van der Waals surface area contributed by atoms with Gasteiger partial charge in [0.05, 0.1) is 6.61 Å². The molecule has 0 aliphatic rings. The van der Waals surface area contributed by atoms with E-state index in [0.29, 0.717) is 6.54 Å². The first-order valence-corrected chi connectivity index (χ1v) is 6.31. The first-order chi connectivity index (χ1) is 7.72. The molecule has 4 heteroatoms. The van der Waals surface area contributed by atoms with Crippen LogP contribution in [0.5, 0.6) is 0 Å². The monoisotopic (exact) mass is 286 g/mol. The number of hydrogen-bond acceptors (Lipinski definition) is 3. The molecule has 0 aromatic heterocycles. The number of hydrogen-bond donors (Lipinski definition) is 2. The second-order valence-corrected chi connectivity index (χ2v) is 4.46. The number of nitrogens with zero attached hydrogens (tertiary/aromatic N) is 1. The topological polar surface area (TPSA) is 35.5 Å². The highest BCUT2D eigenvalue weighted by Gasteiger charge is 2.06. The normalized spacial score (nSPS) is 10.5. The van der Waals surface area contributed by atoms with Crippen molar-refractivity contribution in [1.82, 2.24) is 5.32 Å². The zero-order valence-electron chi connectivity index (χ0n) is 9.83. The number of anilines is 1. The molecule has 1 rings (SSSR count). The molecule has 0 saturated carbocycles. The molecule has 0 bridgehead atoms. The van der Waals surface area contributed by atoms with Crippen LogP contribution in [-0.4, -0.2) is 31.9 Å². The first-order valence-electron chi connectivity index (χ1n) is 5.51. The van der Waals surface area contributed by atoms with Gasteiger partial charge in [0.2, 0.25) is 0 Å². The minimum atomic E-state index is 0.184. The van der Waals surface area contributed by atoms with E-state index < -0.39 is 0 Å². The minimum absolute atomic E-state index is 0.184. The van der Waals surface area contributed by atoms with Crippen LogP contribution in [-0.2, 0) is 6.54 Å². The Morgan fingerprint density at radius 3 is 2.69 bits per heavy atom. The van der Waals surface area contributed by atoms with Crippen LogP contribution in [0.1, 0.15) is 12.5 Å². The van der Waals surface area contributed by atoms with Gasteiger partial charge in [0, 0.05) is 29.8 Å². The highest BCUT2D eigenvalue weighted by Crippen LogP contribution is 2.24. The summed E-state index contributed by atoms with van der Waals surface area (Å²) >= 11 is 3.57. The Balaban J connectivity index is 2.85. The number of aliphatic hydroxyl groups is 1. The van der Waals surface area contributed by atoms with E-state index in [9.17, 15) is 0 Å². The molecule has 0 radical (unpaired) electrons. The lowest BCUT2D eigenvalue weighted by Gasteiger charge is -2.22. The molecule has 2 N–H and O–H groups in total. The van der Waals surface area contributed by atoms with E-state index in [0.717, 1.165) is 23.2 Å². The zero-order chi connectivity index (χ0) is 12.0. The fraction of sp³-hybridized carbons (Fsp3) is 0.500. The Hall–Kier alpha value is -0.580. The van der Waals surface area contributed by atoms with Crippen LogP contribution in [0, 0.1) is 0 Å². The van der Waals surface area contributed by atoms with Gasteiger partial charge >= 0.3 is 0 Å². The maximum absolute atomic E-state index is 8.97. The molecule has 16 heavy (non-hydrogen) atoms. The quantitative estimate of drug-likeness (QED) is 0.840. The van der Waals surface area contributed by atoms with Crippen LogP contribution >= 0.6 is 15.9 Å². The summed E-state index contributed by atoms with van der Waals surface area (Å²) in [5, 5.41) is 12.1. The Kier molecular flexibility index (Phi) is 5.80. The van der Waals surface area contributed by atoms with Gasteiger partial charge in [-0.3, -0.25) is 0 Å². The molecule has 0 fully saturated rings. The molecule has 90 valence electrons. The third-order valence-electron chi connectivity index (χ3n) is 2.52. The van der Waals surface area contributed by atoms with Crippen LogP contribution in [0.15, 0.2) is 22.7 Å². The van der Waals surface area contributed by atoms with Gasteiger partial charge in [-0.25, -0.2) is 0 Å². The average molecular weight is 287 g/mol. The third-order valence-corrected chi connectivity index (χ3v) is 3.26. The van der Waals surface area contributed by atoms with Crippen LogP contribution in [0.2, 0.25) is 0 Å². The van der Waals surface area contributed by atoms with Crippen LogP contribution in [0.25, 0.3) is 0 Å². The van der Waals surface area contributed by atoms with Crippen molar-refractivity contribution < 1.29 is 5.11 Å². The molecule has 1 aromatic rings. The molecule has 0 atom stereocenters. The van der Waals surface area contributed by atoms with E-state index in [1.165, 1.54) is 5.56 Å². The van der Waals surface area contributed by atoms with Gasteiger partial charge in [-0.05, 0) is 31.7 Å². The Labute approximate surface area is 106 Å². The van der Waals surface area contributed by atoms with E-state index in [1.54, 1.807) is 0 Å². The van der Waals surface area contributed by atoms with E-state index in [1.807, 2.05) is 7.05 Å². The minimum Gasteiger partial charge on any atom is -0.395 e. The summed E-state index contributed by atoms with van der Waals surface area (Å²) in [6.45, 7) is 4.70. The lowest BCUT2D eigenvalue weighted by atomic mass is 10.2. The standard InChI is InChI=1S/C12H19BrN2O/c1-3-15(6-7-16)11-5-4-10(9-14-2)12(13)8-11/h4-5,8,14,16H,3,6-7,9H2,1-2H3. The molecule has 0 heterocycles.